The Morgan fingerprint density at radius 3 is 2.20 bits per heavy atom. The van der Waals surface area contributed by atoms with Crippen molar-refractivity contribution in [1.29, 1.82) is 0 Å². The van der Waals surface area contributed by atoms with Gasteiger partial charge >= 0.3 is 0 Å². The van der Waals surface area contributed by atoms with Crippen molar-refractivity contribution in [2.75, 3.05) is 53.9 Å². The molecule has 1 N–H and O–H groups in total. The standard InChI is InChI=1S/C12H29N3/c1-6-12(2)11-15(5)10-8-13-7-9-14(3)4/h12-13H,6-11H2,1-5H3. The molecule has 0 radical (unpaired) electrons. The normalized spacial score (nSPS) is 13.8. The van der Waals surface area contributed by atoms with Crippen LogP contribution in [0.4, 0.5) is 0 Å². The van der Waals surface area contributed by atoms with Crippen LogP contribution in [-0.4, -0.2) is 63.7 Å². The van der Waals surface area contributed by atoms with Gasteiger partial charge in [0.05, 0.1) is 0 Å². The van der Waals surface area contributed by atoms with E-state index in [9.17, 15) is 0 Å². The zero-order valence-corrected chi connectivity index (χ0v) is 11.2. The maximum Gasteiger partial charge on any atom is 0.0104 e. The first-order valence-electron chi connectivity index (χ1n) is 6.10. The summed E-state index contributed by atoms with van der Waals surface area (Å²) in [5.74, 6) is 0.816. The summed E-state index contributed by atoms with van der Waals surface area (Å²) in [5.41, 5.74) is 0. The predicted octanol–water partition coefficient (Wildman–Crippen LogP) is 1.12. The average Bonchev–Trinajstić information content (AvgIpc) is 2.16. The maximum atomic E-state index is 3.46. The van der Waals surface area contributed by atoms with E-state index in [1.807, 2.05) is 0 Å². The van der Waals surface area contributed by atoms with E-state index in [0.717, 1.165) is 32.1 Å². The summed E-state index contributed by atoms with van der Waals surface area (Å²) in [6, 6.07) is 0. The average molecular weight is 215 g/mol. The Morgan fingerprint density at radius 2 is 1.67 bits per heavy atom. The third-order valence-corrected chi connectivity index (χ3v) is 2.73. The summed E-state index contributed by atoms with van der Waals surface area (Å²) >= 11 is 0. The van der Waals surface area contributed by atoms with E-state index in [2.05, 4.69) is 50.1 Å². The lowest BCUT2D eigenvalue weighted by molar-refractivity contribution is 0.279. The van der Waals surface area contributed by atoms with E-state index < -0.39 is 0 Å². The van der Waals surface area contributed by atoms with Gasteiger partial charge in [0, 0.05) is 32.7 Å². The van der Waals surface area contributed by atoms with Gasteiger partial charge in [-0.15, -0.1) is 0 Å². The van der Waals surface area contributed by atoms with Crippen LogP contribution in [0.1, 0.15) is 20.3 Å². The number of hydrogen-bond acceptors (Lipinski definition) is 3. The topological polar surface area (TPSA) is 18.5 Å². The van der Waals surface area contributed by atoms with Gasteiger partial charge in [-0.2, -0.15) is 0 Å². The van der Waals surface area contributed by atoms with Gasteiger partial charge in [-0.1, -0.05) is 20.3 Å². The lowest BCUT2D eigenvalue weighted by Crippen LogP contribution is -2.34. The first kappa shape index (κ1) is 14.9. The van der Waals surface area contributed by atoms with E-state index >= 15 is 0 Å². The molecule has 3 heteroatoms. The molecular weight excluding hydrogens is 186 g/mol. The molecule has 0 heterocycles. The Labute approximate surface area is 95.8 Å². The third-order valence-electron chi connectivity index (χ3n) is 2.73. The Bertz CT molecular complexity index is 137. The Balaban J connectivity index is 3.27. The molecule has 0 saturated heterocycles. The Kier molecular flexibility index (Phi) is 9.06. The minimum absolute atomic E-state index is 0.816. The fourth-order valence-electron chi connectivity index (χ4n) is 1.45. The lowest BCUT2D eigenvalue weighted by Gasteiger charge is -2.20. The van der Waals surface area contributed by atoms with Crippen molar-refractivity contribution in [3.63, 3.8) is 0 Å². The minimum Gasteiger partial charge on any atom is -0.314 e. The highest BCUT2D eigenvalue weighted by Gasteiger charge is 2.03. The van der Waals surface area contributed by atoms with Crippen LogP contribution < -0.4 is 5.32 Å². The number of hydrogen-bond donors (Lipinski definition) is 1. The molecule has 0 spiro atoms. The van der Waals surface area contributed by atoms with E-state index in [1.165, 1.54) is 13.0 Å². The van der Waals surface area contributed by atoms with Gasteiger partial charge in [-0.05, 0) is 27.1 Å². The summed E-state index contributed by atoms with van der Waals surface area (Å²) in [5, 5.41) is 3.46. The molecule has 1 unspecified atom stereocenters. The van der Waals surface area contributed by atoms with Gasteiger partial charge < -0.3 is 15.1 Å². The maximum absolute atomic E-state index is 3.46. The molecule has 0 amide bonds. The van der Waals surface area contributed by atoms with Crippen molar-refractivity contribution < 1.29 is 0 Å². The van der Waals surface area contributed by atoms with Crippen LogP contribution in [0, 0.1) is 5.92 Å². The SMILES string of the molecule is CCC(C)CN(C)CCNCCN(C)C. The molecule has 0 aliphatic rings. The van der Waals surface area contributed by atoms with E-state index in [1.54, 1.807) is 0 Å². The molecule has 3 nitrogen and oxygen atoms in total. The highest BCUT2D eigenvalue weighted by molar-refractivity contribution is 4.59. The molecule has 0 fully saturated rings. The number of nitrogens with one attached hydrogen (secondary N) is 1. The summed E-state index contributed by atoms with van der Waals surface area (Å²) in [6.45, 7) is 10.2. The second-order valence-corrected chi connectivity index (χ2v) is 4.83. The van der Waals surface area contributed by atoms with E-state index in [4.69, 9.17) is 0 Å². The van der Waals surface area contributed by atoms with Crippen LogP contribution in [0.15, 0.2) is 0 Å². The van der Waals surface area contributed by atoms with Crippen LogP contribution in [-0.2, 0) is 0 Å². The molecule has 15 heavy (non-hydrogen) atoms. The molecule has 0 rings (SSSR count). The van der Waals surface area contributed by atoms with E-state index in [-0.39, 0.29) is 0 Å². The van der Waals surface area contributed by atoms with Gasteiger partial charge in [0.15, 0.2) is 0 Å². The van der Waals surface area contributed by atoms with Gasteiger partial charge in [0.2, 0.25) is 0 Å². The molecule has 0 aliphatic heterocycles. The largest absolute Gasteiger partial charge is 0.314 e. The second-order valence-electron chi connectivity index (χ2n) is 4.83. The van der Waals surface area contributed by atoms with Crippen molar-refractivity contribution in [3.05, 3.63) is 0 Å². The summed E-state index contributed by atoms with van der Waals surface area (Å²) < 4.78 is 0. The molecule has 0 saturated carbocycles. The zero-order valence-electron chi connectivity index (χ0n) is 11.2. The highest BCUT2D eigenvalue weighted by Crippen LogP contribution is 2.01. The van der Waals surface area contributed by atoms with Crippen molar-refractivity contribution in [1.82, 2.24) is 15.1 Å². The fraction of sp³-hybridized carbons (Fsp3) is 1.00. The molecule has 0 aromatic heterocycles. The second kappa shape index (κ2) is 9.13. The van der Waals surface area contributed by atoms with Crippen molar-refractivity contribution >= 4 is 0 Å². The van der Waals surface area contributed by atoms with Crippen LogP contribution in [0.2, 0.25) is 0 Å². The van der Waals surface area contributed by atoms with Crippen LogP contribution in [0.5, 0.6) is 0 Å². The van der Waals surface area contributed by atoms with Crippen LogP contribution in [0.3, 0.4) is 0 Å². The van der Waals surface area contributed by atoms with Gasteiger partial charge in [0.1, 0.15) is 0 Å². The molecule has 0 aromatic carbocycles. The van der Waals surface area contributed by atoms with Crippen LogP contribution in [0.25, 0.3) is 0 Å². The molecule has 0 bridgehead atoms. The molecule has 1 atom stereocenters. The molecular formula is C12H29N3. The number of likely N-dealkylation sites (N-methyl/N-ethyl adjacent to an activating group) is 2. The molecule has 0 aromatic rings. The predicted molar refractivity (Wildman–Crippen MR) is 68.4 cm³/mol. The summed E-state index contributed by atoms with van der Waals surface area (Å²) in [6.07, 6.45) is 1.28. The Hall–Kier alpha value is -0.120. The molecule has 0 aliphatic carbocycles. The summed E-state index contributed by atoms with van der Waals surface area (Å²) in [7, 11) is 6.42. The van der Waals surface area contributed by atoms with Crippen molar-refractivity contribution in [2.24, 2.45) is 5.92 Å². The first-order chi connectivity index (χ1) is 7.06. The van der Waals surface area contributed by atoms with Crippen molar-refractivity contribution in [3.8, 4) is 0 Å². The van der Waals surface area contributed by atoms with E-state index in [0.29, 0.717) is 0 Å². The third kappa shape index (κ3) is 10.2. The first-order valence-corrected chi connectivity index (χ1v) is 6.10. The number of rotatable bonds is 9. The van der Waals surface area contributed by atoms with Gasteiger partial charge in [0.25, 0.3) is 0 Å². The highest BCUT2D eigenvalue weighted by atomic mass is 15.1. The van der Waals surface area contributed by atoms with Crippen LogP contribution >= 0.6 is 0 Å². The van der Waals surface area contributed by atoms with Crippen molar-refractivity contribution in [2.45, 2.75) is 20.3 Å². The summed E-state index contributed by atoms with van der Waals surface area (Å²) in [4.78, 5) is 4.62. The Morgan fingerprint density at radius 1 is 1.07 bits per heavy atom. The molecule has 92 valence electrons. The minimum atomic E-state index is 0.816. The lowest BCUT2D eigenvalue weighted by atomic mass is 10.1. The quantitative estimate of drug-likeness (QED) is 0.581. The fourth-order valence-corrected chi connectivity index (χ4v) is 1.45. The van der Waals surface area contributed by atoms with Gasteiger partial charge in [-0.25, -0.2) is 0 Å². The smallest absolute Gasteiger partial charge is 0.0104 e. The monoisotopic (exact) mass is 215 g/mol. The van der Waals surface area contributed by atoms with Gasteiger partial charge in [-0.3, -0.25) is 0 Å². The zero-order chi connectivity index (χ0) is 11.7. The number of nitrogens with zero attached hydrogens (tertiary/aromatic N) is 2.